The molecule has 0 unspecified atom stereocenters. The minimum Gasteiger partial charge on any atom is -0.382 e. The van der Waals surface area contributed by atoms with Gasteiger partial charge in [-0.3, -0.25) is 0 Å². The third-order valence-electron chi connectivity index (χ3n) is 3.60. The Morgan fingerprint density at radius 2 is 2.16 bits per heavy atom. The fraction of sp³-hybridized carbons (Fsp3) is 0.600. The van der Waals surface area contributed by atoms with E-state index in [1.54, 1.807) is 19.2 Å². The third-order valence-corrected chi connectivity index (χ3v) is 3.60. The van der Waals surface area contributed by atoms with Crippen LogP contribution in [0.5, 0.6) is 0 Å². The summed E-state index contributed by atoms with van der Waals surface area (Å²) in [6, 6.07) is 5.33. The first-order valence-corrected chi connectivity index (χ1v) is 6.80. The highest BCUT2D eigenvalue weighted by atomic mass is 19.1. The highest BCUT2D eigenvalue weighted by Gasteiger charge is 2.28. The third kappa shape index (κ3) is 3.75. The molecule has 0 heterocycles. The quantitative estimate of drug-likeness (QED) is 0.769. The van der Waals surface area contributed by atoms with E-state index in [2.05, 4.69) is 12.2 Å². The number of nitrogens with one attached hydrogen (secondary N) is 1. The molecule has 0 aliphatic heterocycles. The Bertz CT molecular complexity index is 411. The molecule has 0 bridgehead atoms. The lowest BCUT2D eigenvalue weighted by Crippen LogP contribution is -2.28. The van der Waals surface area contributed by atoms with Crippen molar-refractivity contribution in [1.82, 2.24) is 5.32 Å². The van der Waals surface area contributed by atoms with Crippen molar-refractivity contribution in [3.05, 3.63) is 35.1 Å². The van der Waals surface area contributed by atoms with Gasteiger partial charge in [0.15, 0.2) is 0 Å². The molecule has 2 rings (SSSR count). The molecule has 1 aromatic carbocycles. The smallest absolute Gasteiger partial charge is 0.123 e. The van der Waals surface area contributed by atoms with Crippen LogP contribution in [-0.4, -0.2) is 33.5 Å². The van der Waals surface area contributed by atoms with Gasteiger partial charge in [-0.15, -0.1) is 0 Å². The zero-order chi connectivity index (χ0) is 13.7. The van der Waals surface area contributed by atoms with E-state index in [1.807, 2.05) is 6.07 Å². The minimum atomic E-state index is -0.156. The van der Waals surface area contributed by atoms with Crippen molar-refractivity contribution in [2.75, 3.05) is 33.5 Å². The number of halogens is 1. The summed E-state index contributed by atoms with van der Waals surface area (Å²) in [5.74, 6) is 0.340. The van der Waals surface area contributed by atoms with E-state index in [-0.39, 0.29) is 11.9 Å². The number of benzene rings is 1. The molecule has 4 heteroatoms. The van der Waals surface area contributed by atoms with Crippen molar-refractivity contribution in [3.63, 3.8) is 0 Å². The van der Waals surface area contributed by atoms with E-state index in [0.717, 1.165) is 18.5 Å². The van der Waals surface area contributed by atoms with Gasteiger partial charge in [-0.25, -0.2) is 4.39 Å². The van der Waals surface area contributed by atoms with E-state index in [0.29, 0.717) is 25.7 Å². The van der Waals surface area contributed by atoms with Crippen molar-refractivity contribution in [2.24, 2.45) is 5.92 Å². The Morgan fingerprint density at radius 1 is 1.32 bits per heavy atom. The second-order valence-electron chi connectivity index (χ2n) is 5.06. The van der Waals surface area contributed by atoms with Crippen LogP contribution < -0.4 is 5.32 Å². The first-order valence-electron chi connectivity index (χ1n) is 6.80. The Balaban J connectivity index is 1.82. The molecule has 3 nitrogen and oxygen atoms in total. The number of fused-ring (bicyclic) bond motifs is 1. The van der Waals surface area contributed by atoms with E-state index in [9.17, 15) is 4.39 Å². The number of methoxy groups -OCH3 is 1. The predicted octanol–water partition coefficient (Wildman–Crippen LogP) is 2.31. The molecular weight excluding hydrogens is 245 g/mol. The van der Waals surface area contributed by atoms with Crippen LogP contribution in [0.2, 0.25) is 0 Å². The first-order chi connectivity index (χ1) is 9.22. The van der Waals surface area contributed by atoms with Crippen LogP contribution in [0, 0.1) is 11.7 Å². The largest absolute Gasteiger partial charge is 0.382 e. The summed E-state index contributed by atoms with van der Waals surface area (Å²) in [4.78, 5) is 0. The van der Waals surface area contributed by atoms with Gasteiger partial charge in [-0.05, 0) is 35.6 Å². The SMILES string of the molecule is COCCOCCN[C@H]1c2cc(F)ccc2C[C@H]1C. The second-order valence-corrected chi connectivity index (χ2v) is 5.06. The van der Waals surface area contributed by atoms with Crippen LogP contribution >= 0.6 is 0 Å². The summed E-state index contributed by atoms with van der Waals surface area (Å²) in [6.07, 6.45) is 1.01. The molecular formula is C15H22FNO2. The van der Waals surface area contributed by atoms with Gasteiger partial charge in [-0.2, -0.15) is 0 Å². The highest BCUT2D eigenvalue weighted by molar-refractivity contribution is 5.36. The molecule has 0 spiro atoms. The summed E-state index contributed by atoms with van der Waals surface area (Å²) in [5.41, 5.74) is 2.36. The van der Waals surface area contributed by atoms with Gasteiger partial charge in [0.05, 0.1) is 19.8 Å². The first kappa shape index (κ1) is 14.4. The molecule has 1 aliphatic rings. The van der Waals surface area contributed by atoms with Gasteiger partial charge in [0.1, 0.15) is 5.82 Å². The van der Waals surface area contributed by atoms with Crippen LogP contribution in [0.3, 0.4) is 0 Å². The lowest BCUT2D eigenvalue weighted by Gasteiger charge is -2.18. The van der Waals surface area contributed by atoms with Crippen LogP contribution in [-0.2, 0) is 15.9 Å². The molecule has 19 heavy (non-hydrogen) atoms. The molecule has 0 radical (unpaired) electrons. The zero-order valence-corrected chi connectivity index (χ0v) is 11.6. The Labute approximate surface area is 114 Å². The number of rotatable bonds is 7. The number of hydrogen-bond donors (Lipinski definition) is 1. The summed E-state index contributed by atoms with van der Waals surface area (Å²) in [6.45, 7) is 4.85. The monoisotopic (exact) mass is 267 g/mol. The molecule has 1 N–H and O–H groups in total. The molecule has 1 aromatic rings. The van der Waals surface area contributed by atoms with Crippen LogP contribution in [0.15, 0.2) is 18.2 Å². The van der Waals surface area contributed by atoms with Crippen LogP contribution in [0.1, 0.15) is 24.1 Å². The average Bonchev–Trinajstić information content (AvgIpc) is 2.69. The summed E-state index contributed by atoms with van der Waals surface area (Å²) in [7, 11) is 1.66. The molecule has 0 aromatic heterocycles. The van der Waals surface area contributed by atoms with Crippen molar-refractivity contribution in [2.45, 2.75) is 19.4 Å². The van der Waals surface area contributed by atoms with Gasteiger partial charge < -0.3 is 14.8 Å². The predicted molar refractivity (Wildman–Crippen MR) is 72.7 cm³/mol. The van der Waals surface area contributed by atoms with Crippen molar-refractivity contribution >= 4 is 0 Å². The molecule has 0 amide bonds. The van der Waals surface area contributed by atoms with Crippen molar-refractivity contribution in [3.8, 4) is 0 Å². The Morgan fingerprint density at radius 3 is 2.95 bits per heavy atom. The second kappa shape index (κ2) is 6.98. The van der Waals surface area contributed by atoms with Gasteiger partial charge in [-0.1, -0.05) is 13.0 Å². The molecule has 0 saturated heterocycles. The Kier molecular flexibility index (Phi) is 5.31. The van der Waals surface area contributed by atoms with Gasteiger partial charge in [0.25, 0.3) is 0 Å². The summed E-state index contributed by atoms with van der Waals surface area (Å²) >= 11 is 0. The Hall–Kier alpha value is -0.970. The maximum atomic E-state index is 13.3. The van der Waals surface area contributed by atoms with E-state index in [1.165, 1.54) is 5.56 Å². The fourth-order valence-electron chi connectivity index (χ4n) is 2.65. The van der Waals surface area contributed by atoms with E-state index in [4.69, 9.17) is 9.47 Å². The van der Waals surface area contributed by atoms with Crippen molar-refractivity contribution < 1.29 is 13.9 Å². The summed E-state index contributed by atoms with van der Waals surface area (Å²) in [5, 5.41) is 3.46. The summed E-state index contributed by atoms with van der Waals surface area (Å²) < 4.78 is 23.7. The van der Waals surface area contributed by atoms with E-state index >= 15 is 0 Å². The maximum absolute atomic E-state index is 13.3. The van der Waals surface area contributed by atoms with Crippen molar-refractivity contribution in [1.29, 1.82) is 0 Å². The number of hydrogen-bond acceptors (Lipinski definition) is 3. The lowest BCUT2D eigenvalue weighted by molar-refractivity contribution is 0.0705. The van der Waals surface area contributed by atoms with Gasteiger partial charge in [0.2, 0.25) is 0 Å². The van der Waals surface area contributed by atoms with Crippen LogP contribution in [0.25, 0.3) is 0 Å². The standard InChI is InChI=1S/C15H22FNO2/c1-11-9-12-3-4-13(16)10-14(12)15(11)17-5-6-19-8-7-18-2/h3-4,10-11,15,17H,5-9H2,1-2H3/t11-,15-/m1/s1. The van der Waals surface area contributed by atoms with Gasteiger partial charge in [0, 0.05) is 19.7 Å². The highest BCUT2D eigenvalue weighted by Crippen LogP contribution is 2.35. The normalized spacial score (nSPS) is 21.6. The minimum absolute atomic E-state index is 0.156. The maximum Gasteiger partial charge on any atom is 0.123 e. The van der Waals surface area contributed by atoms with Crippen LogP contribution in [0.4, 0.5) is 4.39 Å². The number of ether oxygens (including phenoxy) is 2. The van der Waals surface area contributed by atoms with E-state index < -0.39 is 0 Å². The van der Waals surface area contributed by atoms with Gasteiger partial charge >= 0.3 is 0 Å². The molecule has 106 valence electrons. The molecule has 0 fully saturated rings. The molecule has 2 atom stereocenters. The average molecular weight is 267 g/mol. The molecule has 1 aliphatic carbocycles. The lowest BCUT2D eigenvalue weighted by atomic mass is 10.0. The zero-order valence-electron chi connectivity index (χ0n) is 11.6. The fourth-order valence-corrected chi connectivity index (χ4v) is 2.65. The molecule has 0 saturated carbocycles. The topological polar surface area (TPSA) is 30.5 Å².